The van der Waals surface area contributed by atoms with Crippen LogP contribution in [0.15, 0.2) is 24.4 Å². The fraction of sp³-hybridized carbons (Fsp3) is 0.600. The maximum atomic E-state index is 11.8. The van der Waals surface area contributed by atoms with E-state index in [1.54, 1.807) is 17.9 Å². The van der Waals surface area contributed by atoms with E-state index in [0.29, 0.717) is 24.9 Å². The van der Waals surface area contributed by atoms with Crippen LogP contribution < -0.4 is 10.6 Å². The standard InChI is InChI=1S/C15H24N4O2/c1-21-11-5-9-19-10-8-14(18-19)17-15(20)16-12-13-6-3-2-4-7-13/h2-3,8,10,13H,4-7,9,11-12H2,1H3,(H2,16,17,18,20)/t13-/m1/s1. The summed E-state index contributed by atoms with van der Waals surface area (Å²) < 4.78 is 6.80. The lowest BCUT2D eigenvalue weighted by atomic mass is 9.94. The van der Waals surface area contributed by atoms with Gasteiger partial charge in [0.2, 0.25) is 0 Å². The first-order valence-corrected chi connectivity index (χ1v) is 7.50. The maximum Gasteiger partial charge on any atom is 0.320 e. The van der Waals surface area contributed by atoms with Gasteiger partial charge in [0.1, 0.15) is 0 Å². The number of anilines is 1. The van der Waals surface area contributed by atoms with E-state index in [0.717, 1.165) is 32.2 Å². The zero-order valence-electron chi connectivity index (χ0n) is 12.5. The highest BCUT2D eigenvalue weighted by molar-refractivity contribution is 5.88. The number of carbonyl (C=O) groups excluding carboxylic acids is 1. The first kappa shape index (κ1) is 15.6. The van der Waals surface area contributed by atoms with Crippen LogP contribution in [0.1, 0.15) is 25.7 Å². The van der Waals surface area contributed by atoms with Crippen molar-refractivity contribution in [3.8, 4) is 0 Å². The highest BCUT2D eigenvalue weighted by atomic mass is 16.5. The Kier molecular flexibility index (Phi) is 6.27. The van der Waals surface area contributed by atoms with Gasteiger partial charge in [-0.1, -0.05) is 12.2 Å². The third kappa shape index (κ3) is 5.59. The van der Waals surface area contributed by atoms with Crippen LogP contribution in [-0.4, -0.2) is 36.1 Å². The molecule has 0 aliphatic heterocycles. The van der Waals surface area contributed by atoms with Crippen LogP contribution >= 0.6 is 0 Å². The molecule has 0 fully saturated rings. The third-order valence-electron chi connectivity index (χ3n) is 3.55. The van der Waals surface area contributed by atoms with Crippen LogP contribution in [-0.2, 0) is 11.3 Å². The molecule has 2 amide bonds. The molecule has 0 spiro atoms. The highest BCUT2D eigenvalue weighted by Gasteiger charge is 2.11. The number of hydrogen-bond acceptors (Lipinski definition) is 3. The van der Waals surface area contributed by atoms with Gasteiger partial charge in [-0.15, -0.1) is 0 Å². The fourth-order valence-electron chi connectivity index (χ4n) is 2.36. The molecule has 1 aromatic heterocycles. The minimum Gasteiger partial charge on any atom is -0.385 e. The number of allylic oxidation sites excluding steroid dienone is 2. The molecule has 0 aromatic carbocycles. The lowest BCUT2D eigenvalue weighted by Crippen LogP contribution is -2.33. The number of aryl methyl sites for hydroxylation is 1. The van der Waals surface area contributed by atoms with Crippen molar-refractivity contribution in [3.05, 3.63) is 24.4 Å². The van der Waals surface area contributed by atoms with Gasteiger partial charge in [0.05, 0.1) is 0 Å². The van der Waals surface area contributed by atoms with E-state index in [9.17, 15) is 4.79 Å². The number of ether oxygens (including phenoxy) is 1. The van der Waals surface area contributed by atoms with Gasteiger partial charge >= 0.3 is 6.03 Å². The molecule has 21 heavy (non-hydrogen) atoms. The smallest absolute Gasteiger partial charge is 0.320 e. The molecule has 0 saturated heterocycles. The van der Waals surface area contributed by atoms with Gasteiger partial charge in [-0.2, -0.15) is 5.10 Å². The lowest BCUT2D eigenvalue weighted by Gasteiger charge is -2.17. The Bertz CT molecular complexity index is 470. The second-order valence-electron chi connectivity index (χ2n) is 5.30. The minimum atomic E-state index is -0.188. The van der Waals surface area contributed by atoms with Gasteiger partial charge in [0.15, 0.2) is 5.82 Å². The topological polar surface area (TPSA) is 68.2 Å². The maximum absolute atomic E-state index is 11.8. The Morgan fingerprint density at radius 2 is 2.43 bits per heavy atom. The van der Waals surface area contributed by atoms with E-state index in [2.05, 4.69) is 27.9 Å². The largest absolute Gasteiger partial charge is 0.385 e. The number of aromatic nitrogens is 2. The number of rotatable bonds is 7. The molecule has 2 N–H and O–H groups in total. The molecular formula is C15H24N4O2. The van der Waals surface area contributed by atoms with Crippen molar-refractivity contribution in [1.82, 2.24) is 15.1 Å². The summed E-state index contributed by atoms with van der Waals surface area (Å²) in [6.45, 7) is 2.20. The quantitative estimate of drug-likeness (QED) is 0.599. The molecule has 1 heterocycles. The Hall–Kier alpha value is -1.82. The first-order valence-electron chi connectivity index (χ1n) is 7.50. The Balaban J connectivity index is 1.68. The Morgan fingerprint density at radius 1 is 1.52 bits per heavy atom. The normalized spacial score (nSPS) is 17.7. The first-order chi connectivity index (χ1) is 10.3. The number of urea groups is 1. The van der Waals surface area contributed by atoms with E-state index in [1.807, 2.05) is 6.20 Å². The van der Waals surface area contributed by atoms with Gasteiger partial charge < -0.3 is 10.1 Å². The van der Waals surface area contributed by atoms with E-state index in [-0.39, 0.29) is 6.03 Å². The van der Waals surface area contributed by atoms with Crippen molar-refractivity contribution in [2.45, 2.75) is 32.2 Å². The van der Waals surface area contributed by atoms with E-state index < -0.39 is 0 Å². The molecule has 0 radical (unpaired) electrons. The summed E-state index contributed by atoms with van der Waals surface area (Å²) in [6.07, 6.45) is 10.5. The Labute approximate surface area is 125 Å². The molecule has 0 saturated carbocycles. The van der Waals surface area contributed by atoms with Crippen molar-refractivity contribution in [1.29, 1.82) is 0 Å². The van der Waals surface area contributed by atoms with Crippen molar-refractivity contribution >= 4 is 11.8 Å². The molecule has 1 atom stereocenters. The molecule has 6 heteroatoms. The number of nitrogens with zero attached hydrogens (tertiary/aromatic N) is 2. The molecule has 0 unspecified atom stereocenters. The monoisotopic (exact) mass is 292 g/mol. The molecule has 1 aliphatic carbocycles. The van der Waals surface area contributed by atoms with Crippen LogP contribution in [0.2, 0.25) is 0 Å². The summed E-state index contributed by atoms with van der Waals surface area (Å²) in [5.74, 6) is 1.13. The summed E-state index contributed by atoms with van der Waals surface area (Å²) in [7, 11) is 1.68. The van der Waals surface area contributed by atoms with Crippen LogP contribution in [0, 0.1) is 5.92 Å². The fourth-order valence-corrected chi connectivity index (χ4v) is 2.36. The van der Waals surface area contributed by atoms with Crippen molar-refractivity contribution in [2.24, 2.45) is 5.92 Å². The molecular weight excluding hydrogens is 268 g/mol. The summed E-state index contributed by atoms with van der Waals surface area (Å²) >= 11 is 0. The summed E-state index contributed by atoms with van der Waals surface area (Å²) in [6, 6.07) is 1.61. The lowest BCUT2D eigenvalue weighted by molar-refractivity contribution is 0.189. The molecule has 2 rings (SSSR count). The van der Waals surface area contributed by atoms with Crippen molar-refractivity contribution < 1.29 is 9.53 Å². The Morgan fingerprint density at radius 3 is 3.19 bits per heavy atom. The molecule has 6 nitrogen and oxygen atoms in total. The van der Waals surface area contributed by atoms with Gasteiger partial charge in [0, 0.05) is 39.1 Å². The molecule has 0 bridgehead atoms. The second-order valence-corrected chi connectivity index (χ2v) is 5.30. The van der Waals surface area contributed by atoms with Crippen molar-refractivity contribution in [3.63, 3.8) is 0 Å². The third-order valence-corrected chi connectivity index (χ3v) is 3.55. The average Bonchev–Trinajstić information content (AvgIpc) is 2.94. The van der Waals surface area contributed by atoms with E-state index in [4.69, 9.17) is 4.74 Å². The highest BCUT2D eigenvalue weighted by Crippen LogP contribution is 2.16. The van der Waals surface area contributed by atoms with Crippen LogP contribution in [0.5, 0.6) is 0 Å². The SMILES string of the molecule is COCCCn1ccc(NC(=O)NC[C@@H]2CC=CCC2)n1. The predicted molar refractivity (Wildman–Crippen MR) is 82.2 cm³/mol. The number of amides is 2. The molecule has 1 aliphatic rings. The number of methoxy groups -OCH3 is 1. The van der Waals surface area contributed by atoms with Crippen LogP contribution in [0.25, 0.3) is 0 Å². The summed E-state index contributed by atoms with van der Waals surface area (Å²) in [5, 5.41) is 9.97. The van der Waals surface area contributed by atoms with Gasteiger partial charge in [0.25, 0.3) is 0 Å². The summed E-state index contributed by atoms with van der Waals surface area (Å²) in [4.78, 5) is 11.8. The zero-order chi connectivity index (χ0) is 14.9. The van der Waals surface area contributed by atoms with E-state index in [1.165, 1.54) is 0 Å². The molecule has 1 aromatic rings. The zero-order valence-corrected chi connectivity index (χ0v) is 12.5. The predicted octanol–water partition coefficient (Wildman–Crippen LogP) is 2.40. The number of nitrogens with one attached hydrogen (secondary N) is 2. The second kappa shape index (κ2) is 8.46. The number of hydrogen-bond donors (Lipinski definition) is 2. The van der Waals surface area contributed by atoms with Gasteiger partial charge in [-0.3, -0.25) is 10.00 Å². The van der Waals surface area contributed by atoms with Gasteiger partial charge in [-0.25, -0.2) is 4.79 Å². The average molecular weight is 292 g/mol. The van der Waals surface area contributed by atoms with E-state index >= 15 is 0 Å². The summed E-state index contributed by atoms with van der Waals surface area (Å²) in [5.41, 5.74) is 0. The van der Waals surface area contributed by atoms with Gasteiger partial charge in [-0.05, 0) is 31.6 Å². The number of carbonyl (C=O) groups is 1. The van der Waals surface area contributed by atoms with Crippen molar-refractivity contribution in [2.75, 3.05) is 25.6 Å². The molecule has 116 valence electrons. The van der Waals surface area contributed by atoms with Crippen LogP contribution in [0.3, 0.4) is 0 Å². The van der Waals surface area contributed by atoms with Crippen LogP contribution in [0.4, 0.5) is 10.6 Å². The minimum absolute atomic E-state index is 0.188.